The van der Waals surface area contributed by atoms with Crippen molar-refractivity contribution in [1.82, 2.24) is 0 Å². The van der Waals surface area contributed by atoms with Crippen LogP contribution in [0.4, 0.5) is 0 Å². The number of unbranched alkanes of at least 4 members (excludes halogenated alkanes) is 27. The average molecular weight is 651 g/mol. The van der Waals surface area contributed by atoms with Crippen molar-refractivity contribution in [3.63, 3.8) is 0 Å². The number of hydrogen-bond acceptors (Lipinski definition) is 5. The molecule has 0 aromatic heterocycles. The van der Waals surface area contributed by atoms with Gasteiger partial charge in [0.1, 0.15) is 6.61 Å². The molecule has 0 amide bonds. The van der Waals surface area contributed by atoms with Gasteiger partial charge in [0.15, 0.2) is 6.10 Å². The van der Waals surface area contributed by atoms with Gasteiger partial charge in [-0.25, -0.2) is 0 Å². The molecule has 5 nitrogen and oxygen atoms in total. The molecule has 0 unspecified atom stereocenters. The van der Waals surface area contributed by atoms with Crippen LogP contribution in [0.3, 0.4) is 0 Å². The van der Waals surface area contributed by atoms with Crippen molar-refractivity contribution >= 4 is 11.9 Å². The molecule has 0 aliphatic carbocycles. The first-order valence-electron chi connectivity index (χ1n) is 20.2. The van der Waals surface area contributed by atoms with Crippen LogP contribution in [0, 0.1) is 0 Å². The van der Waals surface area contributed by atoms with Crippen LogP contribution in [0.1, 0.15) is 219 Å². The highest BCUT2D eigenvalue weighted by Gasteiger charge is 2.16. The maximum atomic E-state index is 12.1. The molecule has 0 spiro atoms. The Morgan fingerprint density at radius 2 is 0.826 bits per heavy atom. The van der Waals surface area contributed by atoms with Gasteiger partial charge in [0, 0.05) is 12.8 Å². The number of aliphatic hydroxyl groups excluding tert-OH is 1. The molecule has 0 heterocycles. The maximum absolute atomic E-state index is 12.1. The van der Waals surface area contributed by atoms with Gasteiger partial charge in [0.05, 0.1) is 6.61 Å². The Kier molecular flexibility index (Phi) is 37.0. The van der Waals surface area contributed by atoms with Crippen LogP contribution < -0.4 is 0 Å². The van der Waals surface area contributed by atoms with Crippen LogP contribution in [0.25, 0.3) is 0 Å². The minimum Gasteiger partial charge on any atom is -0.462 e. The number of carbonyl (C=O) groups excluding carboxylic acids is 2. The van der Waals surface area contributed by atoms with E-state index in [1.165, 1.54) is 154 Å². The van der Waals surface area contributed by atoms with Crippen molar-refractivity contribution in [3.05, 3.63) is 12.2 Å². The predicted molar refractivity (Wildman–Crippen MR) is 196 cm³/mol. The highest BCUT2D eigenvalue weighted by atomic mass is 16.6. The molecule has 0 aliphatic heterocycles. The monoisotopic (exact) mass is 651 g/mol. The Bertz CT molecular complexity index is 661. The molecule has 5 heteroatoms. The number of esters is 2. The number of ether oxygens (including phenoxy) is 2. The molecule has 0 bridgehead atoms. The van der Waals surface area contributed by atoms with Crippen LogP contribution in [-0.2, 0) is 19.1 Å². The fraction of sp³-hybridized carbons (Fsp3) is 0.902. The predicted octanol–water partition coefficient (Wildman–Crippen LogP) is 12.5. The van der Waals surface area contributed by atoms with Crippen LogP contribution in [0.15, 0.2) is 12.2 Å². The molecule has 0 aromatic carbocycles. The zero-order valence-electron chi connectivity index (χ0n) is 30.9. The van der Waals surface area contributed by atoms with E-state index >= 15 is 0 Å². The lowest BCUT2D eigenvalue weighted by Gasteiger charge is -2.15. The van der Waals surface area contributed by atoms with Crippen LogP contribution in [0.5, 0.6) is 0 Å². The van der Waals surface area contributed by atoms with Gasteiger partial charge in [-0.2, -0.15) is 0 Å². The fourth-order valence-corrected chi connectivity index (χ4v) is 5.95. The summed E-state index contributed by atoms with van der Waals surface area (Å²) in [5.41, 5.74) is 0. The first kappa shape index (κ1) is 44.6. The highest BCUT2D eigenvalue weighted by molar-refractivity contribution is 5.70. The molecule has 0 radical (unpaired) electrons. The van der Waals surface area contributed by atoms with E-state index in [4.69, 9.17) is 9.47 Å². The lowest BCUT2D eigenvalue weighted by Crippen LogP contribution is -2.28. The Labute approximate surface area is 286 Å². The Balaban J connectivity index is 3.46. The second-order valence-electron chi connectivity index (χ2n) is 13.7. The van der Waals surface area contributed by atoms with Crippen molar-refractivity contribution in [2.24, 2.45) is 0 Å². The number of carbonyl (C=O) groups is 2. The van der Waals surface area contributed by atoms with Crippen LogP contribution in [-0.4, -0.2) is 36.4 Å². The second-order valence-corrected chi connectivity index (χ2v) is 13.7. The minimum atomic E-state index is -0.768. The van der Waals surface area contributed by atoms with Gasteiger partial charge in [-0.05, 0) is 32.1 Å². The summed E-state index contributed by atoms with van der Waals surface area (Å²) >= 11 is 0. The maximum Gasteiger partial charge on any atom is 0.306 e. The van der Waals surface area contributed by atoms with Gasteiger partial charge in [-0.15, -0.1) is 0 Å². The van der Waals surface area contributed by atoms with E-state index in [0.29, 0.717) is 12.8 Å². The van der Waals surface area contributed by atoms with Crippen molar-refractivity contribution < 1.29 is 24.2 Å². The standard InChI is InChI=1S/C41H78O5/c1-3-5-7-9-11-13-15-16-17-18-19-20-21-22-23-24-26-27-29-31-33-35-40(43)45-38-39(37-42)46-41(44)36-34-32-30-28-25-14-12-10-8-6-4-2/h10,12,39,42H,3-9,11,13-38H2,1-2H3/b12-10-/t39-/m0/s1. The largest absolute Gasteiger partial charge is 0.462 e. The Morgan fingerprint density at radius 3 is 1.24 bits per heavy atom. The summed E-state index contributed by atoms with van der Waals surface area (Å²) in [6.07, 6.45) is 42.8. The zero-order valence-corrected chi connectivity index (χ0v) is 30.9. The smallest absolute Gasteiger partial charge is 0.306 e. The Morgan fingerprint density at radius 1 is 0.478 bits per heavy atom. The van der Waals surface area contributed by atoms with E-state index in [1.54, 1.807) is 0 Å². The number of rotatable bonds is 37. The van der Waals surface area contributed by atoms with Gasteiger partial charge in [0.2, 0.25) is 0 Å². The van der Waals surface area contributed by atoms with E-state index in [0.717, 1.165) is 38.5 Å². The van der Waals surface area contributed by atoms with E-state index in [9.17, 15) is 14.7 Å². The molecule has 272 valence electrons. The summed E-state index contributed by atoms with van der Waals surface area (Å²) in [5, 5.41) is 9.53. The normalized spacial score (nSPS) is 12.2. The van der Waals surface area contributed by atoms with E-state index < -0.39 is 6.10 Å². The third-order valence-corrected chi connectivity index (χ3v) is 9.06. The first-order valence-corrected chi connectivity index (χ1v) is 20.2. The van der Waals surface area contributed by atoms with Crippen molar-refractivity contribution in [2.45, 2.75) is 225 Å². The van der Waals surface area contributed by atoms with Gasteiger partial charge in [-0.3, -0.25) is 9.59 Å². The summed E-state index contributed by atoms with van der Waals surface area (Å²) in [4.78, 5) is 24.2. The lowest BCUT2D eigenvalue weighted by molar-refractivity contribution is -0.161. The molecule has 0 rings (SSSR count). The van der Waals surface area contributed by atoms with Crippen LogP contribution in [0.2, 0.25) is 0 Å². The Hall–Kier alpha value is -1.36. The van der Waals surface area contributed by atoms with E-state index in [-0.39, 0.29) is 25.2 Å². The number of aliphatic hydroxyl groups is 1. The summed E-state index contributed by atoms with van der Waals surface area (Å²) < 4.78 is 10.6. The van der Waals surface area contributed by atoms with Gasteiger partial charge >= 0.3 is 11.9 Å². The SMILES string of the molecule is CCCC/C=C\CCCCCCCC(=O)O[C@@H](CO)COC(=O)CCCCCCCCCCCCCCCCCCCCCCC. The van der Waals surface area contributed by atoms with Gasteiger partial charge in [0.25, 0.3) is 0 Å². The summed E-state index contributed by atoms with van der Waals surface area (Å²) in [5.74, 6) is -0.592. The van der Waals surface area contributed by atoms with Crippen molar-refractivity contribution in [3.8, 4) is 0 Å². The van der Waals surface area contributed by atoms with Gasteiger partial charge in [-0.1, -0.05) is 187 Å². The average Bonchev–Trinajstić information content (AvgIpc) is 3.06. The van der Waals surface area contributed by atoms with Gasteiger partial charge < -0.3 is 14.6 Å². The van der Waals surface area contributed by atoms with Crippen LogP contribution >= 0.6 is 0 Å². The molecule has 46 heavy (non-hydrogen) atoms. The van der Waals surface area contributed by atoms with Crippen molar-refractivity contribution in [2.75, 3.05) is 13.2 Å². The molecular weight excluding hydrogens is 572 g/mol. The first-order chi connectivity index (χ1) is 22.6. The second kappa shape index (κ2) is 38.1. The fourth-order valence-electron chi connectivity index (χ4n) is 5.95. The zero-order chi connectivity index (χ0) is 33.6. The minimum absolute atomic E-state index is 0.0634. The lowest BCUT2D eigenvalue weighted by atomic mass is 10.0. The molecule has 0 saturated carbocycles. The third-order valence-electron chi connectivity index (χ3n) is 9.06. The molecule has 0 aromatic rings. The summed E-state index contributed by atoms with van der Waals surface area (Å²) in [7, 11) is 0. The molecular formula is C41H78O5. The molecule has 0 fully saturated rings. The number of allylic oxidation sites excluding steroid dienone is 2. The molecule has 1 atom stereocenters. The molecule has 0 aliphatic rings. The van der Waals surface area contributed by atoms with E-state index in [2.05, 4.69) is 26.0 Å². The third kappa shape index (κ3) is 35.5. The molecule has 0 saturated heterocycles. The topological polar surface area (TPSA) is 72.8 Å². The summed E-state index contributed by atoms with van der Waals surface area (Å²) in [6.45, 7) is 4.11. The number of hydrogen-bond donors (Lipinski definition) is 1. The quantitative estimate of drug-likeness (QED) is 0.0411. The highest BCUT2D eigenvalue weighted by Crippen LogP contribution is 2.16. The van der Waals surface area contributed by atoms with E-state index in [1.807, 2.05) is 0 Å². The summed E-state index contributed by atoms with van der Waals surface area (Å²) in [6, 6.07) is 0. The van der Waals surface area contributed by atoms with Crippen molar-refractivity contribution in [1.29, 1.82) is 0 Å². The molecule has 1 N–H and O–H groups in total.